The molecule has 0 nitrogen and oxygen atoms in total. The van der Waals surface area contributed by atoms with Gasteiger partial charge in [-0.2, -0.15) is 0 Å². The molecule has 53 valence electrons. The van der Waals surface area contributed by atoms with Crippen molar-refractivity contribution in [2.24, 2.45) is 0 Å². The van der Waals surface area contributed by atoms with Gasteiger partial charge in [-0.05, 0) is 30.5 Å². The fourth-order valence-electron chi connectivity index (χ4n) is 0.893. The Morgan fingerprint density at radius 3 is 2.40 bits per heavy atom. The highest BCUT2D eigenvalue weighted by molar-refractivity contribution is 7.79. The molecule has 0 heterocycles. The number of rotatable bonds is 1. The maximum atomic E-state index is 4.92. The normalized spacial score (nSPS) is 9.90. The smallest absolute Gasteiger partial charge is 0.0288 e. The van der Waals surface area contributed by atoms with Crippen LogP contribution in [0.1, 0.15) is 16.7 Å². The van der Waals surface area contributed by atoms with Gasteiger partial charge in [0.1, 0.15) is 0 Å². The molecule has 0 aliphatic rings. The van der Waals surface area contributed by atoms with E-state index < -0.39 is 0 Å². The van der Waals surface area contributed by atoms with E-state index in [1.165, 1.54) is 16.7 Å². The van der Waals surface area contributed by atoms with Gasteiger partial charge in [-0.15, -0.1) is 0 Å². The van der Waals surface area contributed by atoms with Crippen LogP contribution in [-0.4, -0.2) is 0 Å². The molecule has 0 spiro atoms. The maximum absolute atomic E-state index is 4.92. The van der Waals surface area contributed by atoms with E-state index in [1.807, 2.05) is 0 Å². The molecule has 0 aliphatic heterocycles. The summed E-state index contributed by atoms with van der Waals surface area (Å²) < 4.78 is 0. The van der Waals surface area contributed by atoms with E-state index >= 15 is 0 Å². The third-order valence-corrected chi connectivity index (χ3v) is 2.07. The molecule has 0 atom stereocenters. The van der Waals surface area contributed by atoms with E-state index in [4.69, 9.17) is 12.6 Å². The average molecular weight is 151 g/mol. The summed E-state index contributed by atoms with van der Waals surface area (Å²) in [6.45, 7) is 4.23. The highest BCUT2D eigenvalue weighted by Gasteiger charge is 1.92. The summed E-state index contributed by atoms with van der Waals surface area (Å²) in [4.78, 5) is 0. The van der Waals surface area contributed by atoms with Gasteiger partial charge in [-0.25, -0.2) is 0 Å². The molecule has 10 heavy (non-hydrogen) atoms. The summed E-state index contributed by atoms with van der Waals surface area (Å²) in [5.41, 5.74) is 3.92. The van der Waals surface area contributed by atoms with E-state index in [0.29, 0.717) is 0 Å². The molecule has 0 saturated carbocycles. The molecule has 0 fully saturated rings. The van der Waals surface area contributed by atoms with Crippen molar-refractivity contribution >= 4 is 12.6 Å². The summed E-state index contributed by atoms with van der Waals surface area (Å²) in [6.07, 6.45) is 0. The minimum atomic E-state index is 0.723. The Bertz CT molecular complexity index is 228. The van der Waals surface area contributed by atoms with Crippen LogP contribution >= 0.6 is 12.6 Å². The fraction of sp³-hybridized carbons (Fsp3) is 0.333. The molecule has 1 heteroatoms. The SMILES string of the molecule is Cc1ccc(C[S])cc1C. The Balaban J connectivity index is 3.04. The van der Waals surface area contributed by atoms with Crippen molar-refractivity contribution in [2.45, 2.75) is 19.6 Å². The maximum Gasteiger partial charge on any atom is 0.0288 e. The zero-order valence-corrected chi connectivity index (χ0v) is 7.16. The monoisotopic (exact) mass is 151 g/mol. The first-order valence-electron chi connectivity index (χ1n) is 3.38. The first kappa shape index (κ1) is 7.67. The molecule has 0 N–H and O–H groups in total. The van der Waals surface area contributed by atoms with E-state index in [2.05, 4.69) is 32.0 Å². The van der Waals surface area contributed by atoms with E-state index in [0.717, 1.165) is 5.75 Å². The van der Waals surface area contributed by atoms with Gasteiger partial charge in [0.15, 0.2) is 0 Å². The lowest BCUT2D eigenvalue weighted by molar-refractivity contribution is 1.29. The second-order valence-corrected chi connectivity index (χ2v) is 2.85. The molecular formula is C9H11S. The number of aryl methyl sites for hydroxylation is 2. The molecule has 0 aromatic heterocycles. The lowest BCUT2D eigenvalue weighted by Gasteiger charge is -2.00. The van der Waals surface area contributed by atoms with Crippen LogP contribution in [0.25, 0.3) is 0 Å². The quantitative estimate of drug-likeness (QED) is 0.579. The summed E-state index contributed by atoms with van der Waals surface area (Å²) in [5.74, 6) is 0.723. The molecule has 1 aromatic rings. The lowest BCUT2D eigenvalue weighted by Crippen LogP contribution is -1.83. The molecule has 0 saturated heterocycles. The van der Waals surface area contributed by atoms with Gasteiger partial charge in [0.05, 0.1) is 0 Å². The van der Waals surface area contributed by atoms with Crippen molar-refractivity contribution in [3.8, 4) is 0 Å². The van der Waals surface area contributed by atoms with Crippen LogP contribution < -0.4 is 0 Å². The first-order valence-corrected chi connectivity index (χ1v) is 3.96. The van der Waals surface area contributed by atoms with Crippen LogP contribution in [-0.2, 0) is 5.75 Å². The predicted molar refractivity (Wildman–Crippen MR) is 47.2 cm³/mol. The van der Waals surface area contributed by atoms with Crippen molar-refractivity contribution < 1.29 is 0 Å². The second kappa shape index (κ2) is 3.11. The van der Waals surface area contributed by atoms with Crippen LogP contribution in [0, 0.1) is 13.8 Å². The van der Waals surface area contributed by atoms with E-state index in [9.17, 15) is 0 Å². The molecule has 0 amide bonds. The van der Waals surface area contributed by atoms with E-state index in [-0.39, 0.29) is 0 Å². The number of hydrogen-bond donors (Lipinski definition) is 0. The predicted octanol–water partition coefficient (Wildman–Crippen LogP) is 3.00. The minimum absolute atomic E-state index is 0.723. The molecule has 1 rings (SSSR count). The summed E-state index contributed by atoms with van der Waals surface area (Å²) >= 11 is 4.92. The van der Waals surface area contributed by atoms with Gasteiger partial charge < -0.3 is 0 Å². The number of benzene rings is 1. The summed E-state index contributed by atoms with van der Waals surface area (Å²) in [7, 11) is 0. The summed E-state index contributed by atoms with van der Waals surface area (Å²) in [5, 5.41) is 0. The van der Waals surface area contributed by atoms with Gasteiger partial charge in [0.25, 0.3) is 0 Å². The van der Waals surface area contributed by atoms with Gasteiger partial charge in [-0.3, -0.25) is 0 Å². The van der Waals surface area contributed by atoms with Gasteiger partial charge in [0.2, 0.25) is 0 Å². The van der Waals surface area contributed by atoms with Crippen molar-refractivity contribution in [3.63, 3.8) is 0 Å². The van der Waals surface area contributed by atoms with Crippen molar-refractivity contribution in [3.05, 3.63) is 34.9 Å². The molecule has 0 bridgehead atoms. The number of hydrogen-bond acceptors (Lipinski definition) is 0. The van der Waals surface area contributed by atoms with Gasteiger partial charge in [0, 0.05) is 5.75 Å². The Morgan fingerprint density at radius 2 is 1.90 bits per heavy atom. The zero-order chi connectivity index (χ0) is 7.56. The standard InChI is InChI=1S/C9H11S/c1-7-3-4-9(6-10)5-8(7)2/h3-5H,6H2,1-2H3. The minimum Gasteiger partial charge on any atom is -0.0890 e. The van der Waals surface area contributed by atoms with Crippen molar-refractivity contribution in [2.75, 3.05) is 0 Å². The van der Waals surface area contributed by atoms with E-state index in [1.54, 1.807) is 0 Å². The molecule has 0 aliphatic carbocycles. The van der Waals surface area contributed by atoms with Crippen LogP contribution in [0.15, 0.2) is 18.2 Å². The van der Waals surface area contributed by atoms with Gasteiger partial charge in [-0.1, -0.05) is 30.8 Å². The molecule has 0 unspecified atom stereocenters. The Hall–Kier alpha value is -0.430. The Labute approximate surface area is 67.7 Å². The lowest BCUT2D eigenvalue weighted by atomic mass is 10.1. The van der Waals surface area contributed by atoms with Crippen LogP contribution in [0.5, 0.6) is 0 Å². The van der Waals surface area contributed by atoms with Crippen LogP contribution in [0.4, 0.5) is 0 Å². The second-order valence-electron chi connectivity index (χ2n) is 2.56. The van der Waals surface area contributed by atoms with Crippen molar-refractivity contribution in [1.82, 2.24) is 0 Å². The zero-order valence-electron chi connectivity index (χ0n) is 6.35. The Kier molecular flexibility index (Phi) is 2.39. The molecule has 1 aromatic carbocycles. The summed E-state index contributed by atoms with van der Waals surface area (Å²) in [6, 6.07) is 6.37. The third-order valence-electron chi connectivity index (χ3n) is 1.74. The molecule has 1 radical (unpaired) electrons. The highest BCUT2D eigenvalue weighted by Crippen LogP contribution is 2.10. The largest absolute Gasteiger partial charge is 0.0890 e. The topological polar surface area (TPSA) is 0 Å². The molecular weight excluding hydrogens is 140 g/mol. The van der Waals surface area contributed by atoms with Crippen LogP contribution in [0.2, 0.25) is 0 Å². The van der Waals surface area contributed by atoms with Crippen LogP contribution in [0.3, 0.4) is 0 Å². The first-order chi connectivity index (χ1) is 4.74. The fourth-order valence-corrected chi connectivity index (χ4v) is 1.07. The third kappa shape index (κ3) is 1.54. The Morgan fingerprint density at radius 1 is 1.20 bits per heavy atom. The van der Waals surface area contributed by atoms with Gasteiger partial charge >= 0.3 is 0 Å². The van der Waals surface area contributed by atoms with Crippen molar-refractivity contribution in [1.29, 1.82) is 0 Å². The highest BCUT2D eigenvalue weighted by atomic mass is 32.1. The average Bonchev–Trinajstić information content (AvgIpc) is 1.95.